The van der Waals surface area contributed by atoms with Crippen LogP contribution in [0.25, 0.3) is 10.9 Å². The molecule has 0 spiro atoms. The molecule has 0 aliphatic heterocycles. The van der Waals surface area contributed by atoms with Gasteiger partial charge in [-0.1, -0.05) is 41.9 Å². The molecule has 1 N–H and O–H groups in total. The van der Waals surface area contributed by atoms with Crippen molar-refractivity contribution in [2.24, 2.45) is 0 Å². The normalized spacial score (nSPS) is 12.1. The fourth-order valence-electron chi connectivity index (χ4n) is 2.88. The molecule has 1 heterocycles. The summed E-state index contributed by atoms with van der Waals surface area (Å²) in [5.41, 5.74) is 2.81. The number of halogens is 1. The van der Waals surface area contributed by atoms with Crippen LogP contribution in [-0.2, 0) is 14.3 Å². The molecule has 0 saturated carbocycles. The maximum Gasteiger partial charge on any atom is 0.374 e. The van der Waals surface area contributed by atoms with Crippen LogP contribution in [0.1, 0.15) is 23.5 Å². The molecule has 4 nitrogen and oxygen atoms in total. The Morgan fingerprint density at radius 1 is 1.17 bits per heavy atom. The summed E-state index contributed by atoms with van der Waals surface area (Å²) in [5, 5.41) is 1.56. The summed E-state index contributed by atoms with van der Waals surface area (Å²) < 4.78 is 4.56. The number of hydrogen-bond donors (Lipinski definition) is 1. The van der Waals surface area contributed by atoms with E-state index in [1.165, 1.54) is 7.11 Å². The molecule has 1 aromatic heterocycles. The van der Waals surface area contributed by atoms with Gasteiger partial charge in [0.25, 0.3) is 0 Å². The van der Waals surface area contributed by atoms with E-state index in [1.807, 2.05) is 48.7 Å². The van der Waals surface area contributed by atoms with Gasteiger partial charge in [-0.3, -0.25) is 4.79 Å². The van der Waals surface area contributed by atoms with Gasteiger partial charge in [0, 0.05) is 34.5 Å². The van der Waals surface area contributed by atoms with E-state index in [9.17, 15) is 9.59 Å². The molecule has 0 aliphatic carbocycles. The van der Waals surface area contributed by atoms with E-state index in [4.69, 9.17) is 11.6 Å². The number of ketones is 1. The van der Waals surface area contributed by atoms with E-state index in [0.29, 0.717) is 5.02 Å². The number of benzene rings is 2. The van der Waals surface area contributed by atoms with Gasteiger partial charge in [0.05, 0.1) is 7.11 Å². The maximum atomic E-state index is 12.1. The van der Waals surface area contributed by atoms with Crippen LogP contribution in [0.2, 0.25) is 5.02 Å². The number of methoxy groups -OCH3 is 1. The number of ether oxygens (including phenoxy) is 1. The van der Waals surface area contributed by atoms with Crippen LogP contribution in [0, 0.1) is 0 Å². The Balaban J connectivity index is 2.08. The second kappa shape index (κ2) is 6.89. The number of fused-ring (bicyclic) bond motifs is 1. The molecule has 0 aliphatic rings. The van der Waals surface area contributed by atoms with Gasteiger partial charge in [0.1, 0.15) is 0 Å². The zero-order valence-corrected chi connectivity index (χ0v) is 13.8. The van der Waals surface area contributed by atoms with Crippen molar-refractivity contribution in [3.05, 3.63) is 70.9 Å². The lowest BCUT2D eigenvalue weighted by molar-refractivity contribution is -0.151. The SMILES string of the molecule is COC(=O)C(=O)CC(c1ccccc1)c1c[nH]c2ccc(Cl)cc12. The molecule has 1 unspecified atom stereocenters. The van der Waals surface area contributed by atoms with Crippen LogP contribution in [0.15, 0.2) is 54.7 Å². The van der Waals surface area contributed by atoms with E-state index >= 15 is 0 Å². The topological polar surface area (TPSA) is 59.2 Å². The average molecular weight is 342 g/mol. The minimum Gasteiger partial charge on any atom is -0.463 e. The number of carbonyl (C=O) groups excluding carboxylic acids is 2. The summed E-state index contributed by atoms with van der Waals surface area (Å²) in [4.78, 5) is 26.9. The lowest BCUT2D eigenvalue weighted by Crippen LogP contribution is -2.19. The van der Waals surface area contributed by atoms with Gasteiger partial charge in [-0.25, -0.2) is 4.79 Å². The van der Waals surface area contributed by atoms with E-state index < -0.39 is 11.8 Å². The third kappa shape index (κ3) is 3.19. The van der Waals surface area contributed by atoms with E-state index in [1.54, 1.807) is 6.07 Å². The smallest absolute Gasteiger partial charge is 0.374 e. The van der Waals surface area contributed by atoms with Crippen molar-refractivity contribution in [3.8, 4) is 0 Å². The van der Waals surface area contributed by atoms with Crippen LogP contribution >= 0.6 is 11.6 Å². The Hall–Kier alpha value is -2.59. The summed E-state index contributed by atoms with van der Waals surface area (Å²) in [7, 11) is 1.21. The van der Waals surface area contributed by atoms with E-state index in [2.05, 4.69) is 9.72 Å². The van der Waals surface area contributed by atoms with Gasteiger partial charge in [0.2, 0.25) is 5.78 Å². The highest BCUT2D eigenvalue weighted by atomic mass is 35.5. The van der Waals surface area contributed by atoms with Crippen LogP contribution in [0.4, 0.5) is 0 Å². The summed E-state index contributed by atoms with van der Waals surface area (Å²) in [5.74, 6) is -1.64. The average Bonchev–Trinajstić information content (AvgIpc) is 3.02. The largest absolute Gasteiger partial charge is 0.463 e. The number of esters is 1. The number of nitrogens with one attached hydrogen (secondary N) is 1. The van der Waals surface area contributed by atoms with Crippen LogP contribution in [0.3, 0.4) is 0 Å². The Kier molecular flexibility index (Phi) is 4.67. The zero-order valence-electron chi connectivity index (χ0n) is 13.1. The molecular weight excluding hydrogens is 326 g/mol. The van der Waals surface area contributed by atoms with Gasteiger partial charge < -0.3 is 9.72 Å². The Bertz CT molecular complexity index is 886. The number of aromatic nitrogens is 1. The fourth-order valence-corrected chi connectivity index (χ4v) is 3.05. The third-order valence-electron chi connectivity index (χ3n) is 4.06. The molecule has 0 bridgehead atoms. The number of aromatic amines is 1. The van der Waals surface area contributed by atoms with Crippen molar-refractivity contribution < 1.29 is 14.3 Å². The summed E-state index contributed by atoms with van der Waals surface area (Å²) in [6.45, 7) is 0. The van der Waals surface area contributed by atoms with Crippen molar-refractivity contribution in [2.75, 3.05) is 7.11 Å². The molecule has 0 saturated heterocycles. The highest BCUT2D eigenvalue weighted by molar-refractivity contribution is 6.33. The van der Waals surface area contributed by atoms with Crippen LogP contribution < -0.4 is 0 Å². The van der Waals surface area contributed by atoms with Crippen molar-refractivity contribution >= 4 is 34.3 Å². The quantitative estimate of drug-likeness (QED) is 0.561. The van der Waals surface area contributed by atoms with Gasteiger partial charge in [-0.2, -0.15) is 0 Å². The predicted molar refractivity (Wildman–Crippen MR) is 93.2 cm³/mol. The summed E-state index contributed by atoms with van der Waals surface area (Å²) in [6.07, 6.45) is 1.90. The van der Waals surface area contributed by atoms with Crippen molar-refractivity contribution in [3.63, 3.8) is 0 Å². The van der Waals surface area contributed by atoms with Crippen molar-refractivity contribution in [2.45, 2.75) is 12.3 Å². The number of carbonyl (C=O) groups is 2. The fraction of sp³-hybridized carbons (Fsp3) is 0.158. The second-order valence-electron chi connectivity index (χ2n) is 5.52. The highest BCUT2D eigenvalue weighted by Crippen LogP contribution is 2.34. The van der Waals surface area contributed by atoms with Crippen molar-refractivity contribution in [1.29, 1.82) is 0 Å². The molecule has 1 atom stereocenters. The van der Waals surface area contributed by atoms with Gasteiger partial charge in [-0.15, -0.1) is 0 Å². The molecule has 5 heteroatoms. The monoisotopic (exact) mass is 341 g/mol. The first-order chi connectivity index (χ1) is 11.6. The predicted octanol–water partition coefficient (Wildman–Crippen LogP) is 4.09. The minimum absolute atomic E-state index is 0.0379. The summed E-state index contributed by atoms with van der Waals surface area (Å²) >= 11 is 6.12. The number of rotatable bonds is 5. The zero-order chi connectivity index (χ0) is 17.1. The Morgan fingerprint density at radius 2 is 1.92 bits per heavy atom. The number of Topliss-reactive ketones (excluding diaryl/α,β-unsaturated/α-hetero) is 1. The first-order valence-electron chi connectivity index (χ1n) is 7.52. The lowest BCUT2D eigenvalue weighted by atomic mass is 9.87. The molecule has 24 heavy (non-hydrogen) atoms. The molecule has 3 rings (SSSR count). The Labute approximate surface area is 144 Å². The van der Waals surface area contributed by atoms with Crippen LogP contribution in [-0.4, -0.2) is 23.8 Å². The van der Waals surface area contributed by atoms with Crippen LogP contribution in [0.5, 0.6) is 0 Å². The van der Waals surface area contributed by atoms with Crippen molar-refractivity contribution in [1.82, 2.24) is 4.98 Å². The number of hydrogen-bond acceptors (Lipinski definition) is 3. The molecule has 0 amide bonds. The Morgan fingerprint density at radius 3 is 2.62 bits per heavy atom. The van der Waals surface area contributed by atoms with Gasteiger partial charge in [0.15, 0.2) is 0 Å². The summed E-state index contributed by atoms with van der Waals surface area (Å²) in [6, 6.07) is 15.2. The van der Waals surface area contributed by atoms with Gasteiger partial charge in [-0.05, 0) is 29.3 Å². The second-order valence-corrected chi connectivity index (χ2v) is 5.95. The molecule has 122 valence electrons. The third-order valence-corrected chi connectivity index (χ3v) is 4.29. The molecule has 0 fully saturated rings. The molecule has 3 aromatic rings. The van der Waals surface area contributed by atoms with E-state index in [0.717, 1.165) is 22.0 Å². The molecule has 2 aromatic carbocycles. The lowest BCUT2D eigenvalue weighted by Gasteiger charge is -2.16. The van der Waals surface area contributed by atoms with E-state index in [-0.39, 0.29) is 12.3 Å². The van der Waals surface area contributed by atoms with Gasteiger partial charge >= 0.3 is 5.97 Å². The minimum atomic E-state index is -0.825. The first kappa shape index (κ1) is 16.3. The molecular formula is C19H16ClNO3. The molecule has 0 radical (unpaired) electrons. The number of H-pyrrole nitrogens is 1. The standard InChI is InChI=1S/C19H16ClNO3/c1-24-19(23)18(22)10-14(12-5-3-2-4-6-12)16-11-21-17-8-7-13(20)9-15(16)17/h2-9,11,14,21H,10H2,1H3. The maximum absolute atomic E-state index is 12.1. The first-order valence-corrected chi connectivity index (χ1v) is 7.90. The highest BCUT2D eigenvalue weighted by Gasteiger charge is 2.25.